The summed E-state index contributed by atoms with van der Waals surface area (Å²) >= 11 is 0. The van der Waals surface area contributed by atoms with Crippen LogP contribution in [0.25, 0.3) is 17.7 Å². The topological polar surface area (TPSA) is 45.5 Å². The van der Waals surface area contributed by atoms with Gasteiger partial charge in [-0.05, 0) is 84.2 Å². The third-order valence-corrected chi connectivity index (χ3v) is 8.55. The van der Waals surface area contributed by atoms with Gasteiger partial charge in [-0.15, -0.1) is 12.4 Å². The van der Waals surface area contributed by atoms with Gasteiger partial charge in [0, 0.05) is 13.1 Å². The second-order valence-corrected chi connectivity index (χ2v) is 10.5. The molecule has 0 bridgehead atoms. The van der Waals surface area contributed by atoms with Gasteiger partial charge in [0.05, 0.1) is 25.7 Å². The van der Waals surface area contributed by atoms with Gasteiger partial charge in [0.1, 0.15) is 0 Å². The van der Waals surface area contributed by atoms with Crippen molar-refractivity contribution in [3.8, 4) is 17.6 Å². The van der Waals surface area contributed by atoms with E-state index in [1.54, 1.807) is 19.8 Å². The summed E-state index contributed by atoms with van der Waals surface area (Å²) in [6.45, 7) is 5.22. The zero-order valence-corrected chi connectivity index (χ0v) is 24.6. The van der Waals surface area contributed by atoms with E-state index >= 15 is 0 Å². The number of methoxy groups -OCH3 is 2. The maximum absolute atomic E-state index is 10.3. The highest BCUT2D eigenvalue weighted by atomic mass is 35.5. The van der Waals surface area contributed by atoms with Crippen molar-refractivity contribution in [2.24, 2.45) is 0 Å². The van der Waals surface area contributed by atoms with E-state index in [0.29, 0.717) is 11.5 Å². The SMILES string of the molecule is CCC(C#N)(CCCN1CCC(=C2c3ccccc3C=Cc3ccccc32)CC1)c1ccc(OC)c(OC)c1.Cl. The number of hydrogen-bond donors (Lipinski definition) is 0. The largest absolute Gasteiger partial charge is 0.493 e. The van der Waals surface area contributed by atoms with Crippen LogP contribution in [0.1, 0.15) is 66.8 Å². The standard InChI is InChI=1S/C35H38N2O2.ClH/c1-4-35(25-36,29-16-17-32(38-2)33(24-29)39-3)20-9-21-37-22-18-28(19-23-37)34-30-12-7-5-10-26(30)14-15-27-11-6-8-13-31(27)34;/h5-8,10-17,24H,4,9,18-23H2,1-3H3;1H. The molecule has 0 saturated carbocycles. The normalized spacial score (nSPS) is 16.1. The highest BCUT2D eigenvalue weighted by Crippen LogP contribution is 2.40. The number of hydrogen-bond acceptors (Lipinski definition) is 4. The van der Waals surface area contributed by atoms with Crippen molar-refractivity contribution in [2.75, 3.05) is 33.9 Å². The minimum absolute atomic E-state index is 0. The predicted molar refractivity (Wildman–Crippen MR) is 167 cm³/mol. The lowest BCUT2D eigenvalue weighted by Crippen LogP contribution is -2.33. The quantitative estimate of drug-likeness (QED) is 0.220. The Labute approximate surface area is 245 Å². The Balaban J connectivity index is 0.00000370. The number of halogens is 1. The molecular weight excluding hydrogens is 516 g/mol. The van der Waals surface area contributed by atoms with E-state index in [0.717, 1.165) is 57.3 Å². The van der Waals surface area contributed by atoms with Gasteiger partial charge < -0.3 is 14.4 Å². The Morgan fingerprint density at radius 1 is 0.850 bits per heavy atom. The number of ether oxygens (including phenoxy) is 2. The van der Waals surface area contributed by atoms with Crippen molar-refractivity contribution in [1.82, 2.24) is 4.90 Å². The molecule has 40 heavy (non-hydrogen) atoms. The number of benzene rings is 3. The Bertz CT molecular complexity index is 1380. The van der Waals surface area contributed by atoms with Gasteiger partial charge in [0.15, 0.2) is 11.5 Å². The van der Waals surface area contributed by atoms with Crippen molar-refractivity contribution in [2.45, 2.75) is 44.4 Å². The van der Waals surface area contributed by atoms with Crippen molar-refractivity contribution < 1.29 is 9.47 Å². The molecule has 2 aliphatic rings. The van der Waals surface area contributed by atoms with Gasteiger partial charge in [-0.3, -0.25) is 0 Å². The maximum Gasteiger partial charge on any atom is 0.161 e. The first-order chi connectivity index (χ1) is 19.1. The molecule has 1 fully saturated rings. The summed E-state index contributed by atoms with van der Waals surface area (Å²) in [6.07, 6.45) is 9.23. The molecular formula is C35H39ClN2O2. The lowest BCUT2D eigenvalue weighted by molar-refractivity contribution is 0.244. The zero-order chi connectivity index (χ0) is 27.2. The monoisotopic (exact) mass is 554 g/mol. The molecule has 0 aromatic heterocycles. The van der Waals surface area contributed by atoms with Gasteiger partial charge in [0.2, 0.25) is 0 Å². The average Bonchev–Trinajstić information content (AvgIpc) is 3.16. The number of likely N-dealkylation sites (tertiary alicyclic amines) is 1. The van der Waals surface area contributed by atoms with Crippen LogP contribution in [0.4, 0.5) is 0 Å². The fourth-order valence-corrected chi connectivity index (χ4v) is 6.21. The Morgan fingerprint density at radius 2 is 1.45 bits per heavy atom. The summed E-state index contributed by atoms with van der Waals surface area (Å²) < 4.78 is 10.9. The van der Waals surface area contributed by atoms with Crippen LogP contribution in [-0.4, -0.2) is 38.8 Å². The molecule has 1 atom stereocenters. The van der Waals surface area contributed by atoms with Crippen LogP contribution in [0.5, 0.6) is 11.5 Å². The van der Waals surface area contributed by atoms with Gasteiger partial charge in [-0.2, -0.15) is 5.26 Å². The summed E-state index contributed by atoms with van der Waals surface area (Å²) in [4.78, 5) is 2.57. The molecule has 1 heterocycles. The van der Waals surface area contributed by atoms with Crippen LogP contribution in [-0.2, 0) is 5.41 Å². The zero-order valence-electron chi connectivity index (χ0n) is 23.8. The highest BCUT2D eigenvalue weighted by Gasteiger charge is 2.31. The highest BCUT2D eigenvalue weighted by molar-refractivity contribution is 5.94. The average molecular weight is 555 g/mol. The lowest BCUT2D eigenvalue weighted by Gasteiger charge is -2.32. The Kier molecular flexibility index (Phi) is 9.74. The molecule has 1 unspecified atom stereocenters. The summed E-state index contributed by atoms with van der Waals surface area (Å²) in [7, 11) is 3.28. The third-order valence-electron chi connectivity index (χ3n) is 8.55. The molecule has 1 aliphatic heterocycles. The molecule has 5 rings (SSSR count). The minimum Gasteiger partial charge on any atom is -0.493 e. The second-order valence-electron chi connectivity index (χ2n) is 10.5. The van der Waals surface area contributed by atoms with Gasteiger partial charge in [0.25, 0.3) is 0 Å². The van der Waals surface area contributed by atoms with E-state index < -0.39 is 5.41 Å². The third kappa shape index (κ3) is 5.82. The molecule has 0 radical (unpaired) electrons. The van der Waals surface area contributed by atoms with Crippen LogP contribution in [0.3, 0.4) is 0 Å². The van der Waals surface area contributed by atoms with E-state index in [4.69, 9.17) is 9.47 Å². The summed E-state index contributed by atoms with van der Waals surface area (Å²) in [6, 6.07) is 26.1. The van der Waals surface area contributed by atoms with Crippen molar-refractivity contribution >= 4 is 30.1 Å². The summed E-state index contributed by atoms with van der Waals surface area (Å²) in [5.74, 6) is 1.37. The van der Waals surface area contributed by atoms with Gasteiger partial charge in [-0.1, -0.05) is 79.2 Å². The van der Waals surface area contributed by atoms with Crippen molar-refractivity contribution in [3.05, 3.63) is 100 Å². The number of rotatable bonds is 8. The van der Waals surface area contributed by atoms with E-state index in [9.17, 15) is 5.26 Å². The summed E-state index contributed by atoms with van der Waals surface area (Å²) in [5, 5.41) is 10.3. The minimum atomic E-state index is -0.525. The predicted octanol–water partition coefficient (Wildman–Crippen LogP) is 8.16. The molecule has 0 spiro atoms. The number of piperidine rings is 1. The molecule has 3 aromatic carbocycles. The lowest BCUT2D eigenvalue weighted by atomic mass is 9.75. The van der Waals surface area contributed by atoms with Crippen LogP contribution in [0, 0.1) is 11.3 Å². The molecule has 0 amide bonds. The molecule has 3 aromatic rings. The molecule has 208 valence electrons. The maximum atomic E-state index is 10.3. The number of fused-ring (bicyclic) bond motifs is 2. The van der Waals surface area contributed by atoms with Crippen molar-refractivity contribution in [1.29, 1.82) is 5.26 Å². The smallest absolute Gasteiger partial charge is 0.161 e. The first kappa shape index (κ1) is 29.5. The molecule has 4 nitrogen and oxygen atoms in total. The van der Waals surface area contributed by atoms with Crippen LogP contribution in [0.2, 0.25) is 0 Å². The fraction of sp³-hybridized carbons (Fsp3) is 0.343. The van der Waals surface area contributed by atoms with E-state index in [-0.39, 0.29) is 12.4 Å². The van der Waals surface area contributed by atoms with Crippen LogP contribution < -0.4 is 9.47 Å². The van der Waals surface area contributed by atoms with E-state index in [2.05, 4.69) is 78.6 Å². The molecule has 0 N–H and O–H groups in total. The first-order valence-corrected chi connectivity index (χ1v) is 14.1. The molecule has 1 aliphatic carbocycles. The molecule has 1 saturated heterocycles. The Hall–Kier alpha value is -3.52. The van der Waals surface area contributed by atoms with Gasteiger partial charge >= 0.3 is 0 Å². The second kappa shape index (κ2) is 13.2. The first-order valence-electron chi connectivity index (χ1n) is 14.1. The van der Waals surface area contributed by atoms with Gasteiger partial charge in [-0.25, -0.2) is 0 Å². The Morgan fingerprint density at radius 3 is 2.00 bits per heavy atom. The van der Waals surface area contributed by atoms with Crippen LogP contribution in [0.15, 0.2) is 72.3 Å². The van der Waals surface area contributed by atoms with Crippen molar-refractivity contribution in [3.63, 3.8) is 0 Å². The van der Waals surface area contributed by atoms with Crippen LogP contribution >= 0.6 is 12.4 Å². The number of nitrogens with zero attached hydrogens (tertiary/aromatic N) is 2. The summed E-state index contributed by atoms with van der Waals surface area (Å²) in [5.41, 5.74) is 8.74. The number of nitriles is 1. The fourth-order valence-electron chi connectivity index (χ4n) is 6.21. The van der Waals surface area contributed by atoms with E-state index in [1.807, 2.05) is 18.2 Å². The van der Waals surface area contributed by atoms with E-state index in [1.165, 1.54) is 27.8 Å². The molecule has 5 heteroatoms.